The van der Waals surface area contributed by atoms with E-state index in [1.54, 1.807) is 23.5 Å². The van der Waals surface area contributed by atoms with E-state index in [0.717, 1.165) is 0 Å². The van der Waals surface area contributed by atoms with Gasteiger partial charge in [0.25, 0.3) is 0 Å². The first-order chi connectivity index (χ1) is 5.70. The van der Waals surface area contributed by atoms with Gasteiger partial charge in [-0.05, 0) is 56.5 Å². The molecule has 0 unspecified atom stereocenters. The Morgan fingerprint density at radius 2 is 1.25 bits per heavy atom. The van der Waals surface area contributed by atoms with E-state index in [2.05, 4.69) is 56.5 Å². The van der Waals surface area contributed by atoms with Crippen LogP contribution in [-0.4, -0.2) is 12.5 Å². The predicted octanol–water partition coefficient (Wildman–Crippen LogP) is 4.66. The first-order valence-electron chi connectivity index (χ1n) is 3.26. The molecule has 1 rings (SSSR count). The second-order valence-electron chi connectivity index (χ2n) is 2.10. The summed E-state index contributed by atoms with van der Waals surface area (Å²) in [5.74, 6) is 0. The fourth-order valence-electron chi connectivity index (χ4n) is 0.895. The smallest absolute Gasteiger partial charge is 0.0359 e. The number of thioether (sulfide) groups is 2. The summed E-state index contributed by atoms with van der Waals surface area (Å²) in [5.41, 5.74) is 0. The lowest BCUT2D eigenvalue weighted by Crippen LogP contribution is -1.81. The molecule has 0 heterocycles. The van der Waals surface area contributed by atoms with E-state index < -0.39 is 0 Å². The fourth-order valence-corrected chi connectivity index (χ4v) is 4.41. The van der Waals surface area contributed by atoms with Gasteiger partial charge in [-0.2, -0.15) is 0 Å². The first-order valence-corrected chi connectivity index (χ1v) is 7.30. The maximum absolute atomic E-state index is 3.53. The average molecular weight is 328 g/mol. The highest BCUT2D eigenvalue weighted by Gasteiger charge is 2.08. The van der Waals surface area contributed by atoms with Crippen molar-refractivity contribution in [3.05, 3.63) is 21.1 Å². The molecule has 0 aliphatic heterocycles. The van der Waals surface area contributed by atoms with Crippen molar-refractivity contribution in [2.24, 2.45) is 0 Å². The van der Waals surface area contributed by atoms with Gasteiger partial charge in [0.1, 0.15) is 0 Å². The summed E-state index contributed by atoms with van der Waals surface area (Å²) < 4.78 is 2.34. The van der Waals surface area contributed by atoms with Gasteiger partial charge in [-0.3, -0.25) is 0 Å². The predicted molar refractivity (Wildman–Crippen MR) is 65.4 cm³/mol. The molecule has 0 spiro atoms. The Labute approximate surface area is 98.1 Å². The number of rotatable bonds is 2. The quantitative estimate of drug-likeness (QED) is 0.725. The Balaban J connectivity index is 3.28. The molecule has 0 bridgehead atoms. The van der Waals surface area contributed by atoms with Gasteiger partial charge in [-0.1, -0.05) is 0 Å². The van der Waals surface area contributed by atoms with Crippen molar-refractivity contribution < 1.29 is 0 Å². The molecule has 1 aromatic carbocycles. The van der Waals surface area contributed by atoms with Gasteiger partial charge < -0.3 is 0 Å². The molecule has 0 aromatic heterocycles. The number of benzene rings is 1. The number of halogens is 2. The fraction of sp³-hybridized carbons (Fsp3) is 0.250. The van der Waals surface area contributed by atoms with Crippen LogP contribution in [0.5, 0.6) is 0 Å². The SMILES string of the molecule is CSc1c(Br)ccc(Br)c1SC. The lowest BCUT2D eigenvalue weighted by atomic mass is 10.4. The summed E-state index contributed by atoms with van der Waals surface area (Å²) in [6, 6.07) is 4.13. The van der Waals surface area contributed by atoms with Crippen molar-refractivity contribution in [2.45, 2.75) is 9.79 Å². The molecule has 0 saturated heterocycles. The zero-order valence-corrected chi connectivity index (χ0v) is 11.5. The summed E-state index contributed by atoms with van der Waals surface area (Å²) in [4.78, 5) is 2.61. The highest BCUT2D eigenvalue weighted by atomic mass is 79.9. The lowest BCUT2D eigenvalue weighted by molar-refractivity contribution is 1.19. The van der Waals surface area contributed by atoms with Crippen LogP contribution in [0.15, 0.2) is 30.9 Å². The van der Waals surface area contributed by atoms with Gasteiger partial charge in [0.15, 0.2) is 0 Å². The van der Waals surface area contributed by atoms with Gasteiger partial charge in [0.2, 0.25) is 0 Å². The Morgan fingerprint density at radius 3 is 1.50 bits per heavy atom. The monoisotopic (exact) mass is 326 g/mol. The maximum Gasteiger partial charge on any atom is 0.0359 e. The van der Waals surface area contributed by atoms with Crippen LogP contribution in [-0.2, 0) is 0 Å². The molecule has 0 amide bonds. The van der Waals surface area contributed by atoms with E-state index in [0.29, 0.717) is 0 Å². The zero-order valence-electron chi connectivity index (χ0n) is 6.73. The molecule has 0 nitrogen and oxygen atoms in total. The number of hydrogen-bond acceptors (Lipinski definition) is 2. The second kappa shape index (κ2) is 4.94. The van der Waals surface area contributed by atoms with Gasteiger partial charge in [-0.15, -0.1) is 23.5 Å². The molecule has 66 valence electrons. The minimum Gasteiger partial charge on any atom is -0.127 e. The summed E-state index contributed by atoms with van der Waals surface area (Å²) in [5, 5.41) is 0. The molecule has 0 fully saturated rings. The third kappa shape index (κ3) is 2.22. The second-order valence-corrected chi connectivity index (χ2v) is 5.44. The minimum absolute atomic E-state index is 1.17. The third-order valence-electron chi connectivity index (χ3n) is 1.42. The van der Waals surface area contributed by atoms with E-state index in [4.69, 9.17) is 0 Å². The van der Waals surface area contributed by atoms with Crippen molar-refractivity contribution in [3.63, 3.8) is 0 Å². The molecule has 12 heavy (non-hydrogen) atoms. The standard InChI is InChI=1S/C8H8Br2S2/c1-11-7-5(9)3-4-6(10)8(7)12-2/h3-4H,1-2H3. The zero-order chi connectivity index (χ0) is 9.14. The topological polar surface area (TPSA) is 0 Å². The molecule has 4 heteroatoms. The Kier molecular flexibility index (Phi) is 4.51. The van der Waals surface area contributed by atoms with Crippen molar-refractivity contribution in [2.75, 3.05) is 12.5 Å². The van der Waals surface area contributed by atoms with Crippen molar-refractivity contribution in [3.8, 4) is 0 Å². The van der Waals surface area contributed by atoms with Crippen LogP contribution < -0.4 is 0 Å². The molecule has 0 aliphatic carbocycles. The van der Waals surface area contributed by atoms with Gasteiger partial charge >= 0.3 is 0 Å². The van der Waals surface area contributed by atoms with E-state index >= 15 is 0 Å². The van der Waals surface area contributed by atoms with Crippen LogP contribution in [0.25, 0.3) is 0 Å². The largest absolute Gasteiger partial charge is 0.127 e. The van der Waals surface area contributed by atoms with Crippen LogP contribution in [0.4, 0.5) is 0 Å². The molecule has 0 atom stereocenters. The van der Waals surface area contributed by atoms with Crippen LogP contribution in [0.3, 0.4) is 0 Å². The number of hydrogen-bond donors (Lipinski definition) is 0. The molecule has 1 aromatic rings. The van der Waals surface area contributed by atoms with E-state index in [1.165, 1.54) is 18.7 Å². The van der Waals surface area contributed by atoms with Crippen LogP contribution in [0.2, 0.25) is 0 Å². The van der Waals surface area contributed by atoms with Gasteiger partial charge in [-0.25, -0.2) is 0 Å². The van der Waals surface area contributed by atoms with E-state index in [-0.39, 0.29) is 0 Å². The van der Waals surface area contributed by atoms with Crippen molar-refractivity contribution >= 4 is 55.4 Å². The van der Waals surface area contributed by atoms with Gasteiger partial charge in [0.05, 0.1) is 0 Å². The van der Waals surface area contributed by atoms with Crippen LogP contribution >= 0.6 is 55.4 Å². The van der Waals surface area contributed by atoms with Crippen LogP contribution in [0.1, 0.15) is 0 Å². The average Bonchev–Trinajstić information content (AvgIpc) is 2.08. The third-order valence-corrected chi connectivity index (χ3v) is 5.06. The highest BCUT2D eigenvalue weighted by Crippen LogP contribution is 2.39. The molecule has 0 radical (unpaired) electrons. The molecule has 0 aliphatic rings. The van der Waals surface area contributed by atoms with E-state index in [1.807, 2.05) is 0 Å². The highest BCUT2D eigenvalue weighted by molar-refractivity contribution is 9.11. The maximum atomic E-state index is 3.53. The Morgan fingerprint density at radius 1 is 0.917 bits per heavy atom. The summed E-state index contributed by atoms with van der Waals surface area (Å²) >= 11 is 10.6. The van der Waals surface area contributed by atoms with Crippen molar-refractivity contribution in [1.82, 2.24) is 0 Å². The summed E-state index contributed by atoms with van der Waals surface area (Å²) in [6.45, 7) is 0. The molecule has 0 saturated carbocycles. The summed E-state index contributed by atoms with van der Waals surface area (Å²) in [6.07, 6.45) is 4.18. The van der Waals surface area contributed by atoms with Crippen LogP contribution in [0, 0.1) is 0 Å². The lowest BCUT2D eigenvalue weighted by Gasteiger charge is -2.08. The first kappa shape index (κ1) is 11.0. The van der Waals surface area contributed by atoms with E-state index in [9.17, 15) is 0 Å². The Bertz CT molecular complexity index is 258. The van der Waals surface area contributed by atoms with Gasteiger partial charge in [0, 0.05) is 18.7 Å². The molecule has 0 N–H and O–H groups in total. The normalized spacial score (nSPS) is 10.3. The molecular weight excluding hydrogens is 320 g/mol. The minimum atomic E-state index is 1.17. The molecular formula is C8H8Br2S2. The summed E-state index contributed by atoms with van der Waals surface area (Å²) in [7, 11) is 0. The Hall–Kier alpha value is 0.880. The van der Waals surface area contributed by atoms with Crippen molar-refractivity contribution in [1.29, 1.82) is 0 Å².